The minimum absolute atomic E-state index is 0.497. The molecule has 0 saturated carbocycles. The number of rotatable bonds is 7. The normalized spacial score (nSPS) is 17.3. The summed E-state index contributed by atoms with van der Waals surface area (Å²) in [4.78, 5) is 4.71. The Morgan fingerprint density at radius 2 is 1.48 bits per heavy atom. The molecule has 1 aliphatic rings. The van der Waals surface area contributed by atoms with Crippen LogP contribution in [-0.4, -0.2) is 49.1 Å². The van der Waals surface area contributed by atoms with Gasteiger partial charge in [-0.05, 0) is 43.6 Å². The minimum Gasteiger partial charge on any atom is -0.330 e. The Labute approximate surface area is 125 Å². The van der Waals surface area contributed by atoms with Crippen molar-refractivity contribution in [2.24, 2.45) is 5.73 Å². The third kappa shape index (κ3) is 5.69. The maximum atomic E-state index is 13.2. The van der Waals surface area contributed by atoms with Crippen LogP contribution in [0.5, 0.6) is 0 Å². The zero-order chi connectivity index (χ0) is 15.1. The van der Waals surface area contributed by atoms with Crippen LogP contribution in [-0.2, 0) is 6.54 Å². The third-order valence-corrected chi connectivity index (χ3v) is 3.97. The van der Waals surface area contributed by atoms with E-state index >= 15 is 0 Å². The van der Waals surface area contributed by atoms with Gasteiger partial charge in [-0.25, -0.2) is 8.78 Å². The van der Waals surface area contributed by atoms with Crippen molar-refractivity contribution in [2.45, 2.75) is 25.8 Å². The van der Waals surface area contributed by atoms with Gasteiger partial charge >= 0.3 is 0 Å². The molecule has 1 fully saturated rings. The van der Waals surface area contributed by atoms with Gasteiger partial charge in [0.1, 0.15) is 11.6 Å². The van der Waals surface area contributed by atoms with Crippen LogP contribution in [0.1, 0.15) is 24.8 Å². The smallest absolute Gasteiger partial charge is 0.126 e. The van der Waals surface area contributed by atoms with E-state index in [9.17, 15) is 8.78 Å². The van der Waals surface area contributed by atoms with E-state index in [0.29, 0.717) is 12.1 Å². The number of benzene rings is 1. The fourth-order valence-corrected chi connectivity index (χ4v) is 2.79. The Balaban J connectivity index is 1.71. The summed E-state index contributed by atoms with van der Waals surface area (Å²) >= 11 is 0. The van der Waals surface area contributed by atoms with E-state index in [0.717, 1.165) is 51.8 Å². The first-order valence-corrected chi connectivity index (χ1v) is 7.77. The molecule has 1 aromatic rings. The van der Waals surface area contributed by atoms with E-state index in [1.165, 1.54) is 25.0 Å². The molecule has 0 amide bonds. The van der Waals surface area contributed by atoms with Gasteiger partial charge in [0.15, 0.2) is 0 Å². The quantitative estimate of drug-likeness (QED) is 0.783. The average Bonchev–Trinajstić information content (AvgIpc) is 2.44. The van der Waals surface area contributed by atoms with Crippen LogP contribution in [0.4, 0.5) is 8.78 Å². The lowest BCUT2D eigenvalue weighted by Gasteiger charge is -2.34. The molecule has 1 aromatic carbocycles. The number of nitrogens with two attached hydrogens (primary N) is 1. The van der Waals surface area contributed by atoms with Gasteiger partial charge in [0.25, 0.3) is 0 Å². The molecule has 0 aliphatic carbocycles. The fraction of sp³-hybridized carbons (Fsp3) is 0.625. The Hall–Kier alpha value is -1.04. The van der Waals surface area contributed by atoms with Gasteiger partial charge in [-0.3, -0.25) is 4.90 Å². The molecule has 118 valence electrons. The van der Waals surface area contributed by atoms with E-state index in [1.54, 1.807) is 0 Å². The van der Waals surface area contributed by atoms with Gasteiger partial charge in [-0.15, -0.1) is 0 Å². The second kappa shape index (κ2) is 8.41. The van der Waals surface area contributed by atoms with Crippen LogP contribution in [0.2, 0.25) is 0 Å². The molecule has 2 rings (SSSR count). The molecule has 0 spiro atoms. The van der Waals surface area contributed by atoms with Gasteiger partial charge in [-0.2, -0.15) is 0 Å². The topological polar surface area (TPSA) is 32.5 Å². The summed E-state index contributed by atoms with van der Waals surface area (Å²) in [5, 5.41) is 0. The number of piperazine rings is 1. The molecular formula is C16H25F2N3. The van der Waals surface area contributed by atoms with Crippen molar-refractivity contribution in [3.05, 3.63) is 35.4 Å². The Morgan fingerprint density at radius 3 is 2.10 bits per heavy atom. The SMILES string of the molecule is NCCCCCN1CCN(Cc2cc(F)cc(F)c2)CC1. The summed E-state index contributed by atoms with van der Waals surface area (Å²) in [6.45, 7) is 6.49. The lowest BCUT2D eigenvalue weighted by molar-refractivity contribution is 0.125. The first-order valence-electron chi connectivity index (χ1n) is 7.77. The highest BCUT2D eigenvalue weighted by atomic mass is 19.1. The molecule has 0 aromatic heterocycles. The van der Waals surface area contributed by atoms with Gasteiger partial charge in [0.05, 0.1) is 0 Å². The van der Waals surface area contributed by atoms with Crippen molar-refractivity contribution in [1.29, 1.82) is 0 Å². The van der Waals surface area contributed by atoms with Crippen LogP contribution in [0, 0.1) is 11.6 Å². The summed E-state index contributed by atoms with van der Waals surface area (Å²) in [6.07, 6.45) is 3.50. The zero-order valence-electron chi connectivity index (χ0n) is 12.5. The summed E-state index contributed by atoms with van der Waals surface area (Å²) < 4.78 is 26.3. The van der Waals surface area contributed by atoms with Crippen LogP contribution in [0.3, 0.4) is 0 Å². The molecule has 1 saturated heterocycles. The van der Waals surface area contributed by atoms with Crippen LogP contribution in [0.15, 0.2) is 18.2 Å². The van der Waals surface area contributed by atoms with E-state index in [-0.39, 0.29) is 0 Å². The highest BCUT2D eigenvalue weighted by Gasteiger charge is 2.16. The van der Waals surface area contributed by atoms with Crippen LogP contribution >= 0.6 is 0 Å². The van der Waals surface area contributed by atoms with Crippen LogP contribution < -0.4 is 5.73 Å². The first-order chi connectivity index (χ1) is 10.2. The van der Waals surface area contributed by atoms with Gasteiger partial charge in [-0.1, -0.05) is 6.42 Å². The van der Waals surface area contributed by atoms with Crippen molar-refractivity contribution in [2.75, 3.05) is 39.3 Å². The first kappa shape index (κ1) is 16.3. The van der Waals surface area contributed by atoms with E-state index in [1.807, 2.05) is 0 Å². The zero-order valence-corrected chi connectivity index (χ0v) is 12.5. The summed E-state index contributed by atoms with van der Waals surface area (Å²) in [5.41, 5.74) is 6.20. The standard InChI is InChI=1S/C16H25F2N3/c17-15-10-14(11-16(18)12-15)13-21-8-6-20(7-9-21)5-3-1-2-4-19/h10-12H,1-9,13,19H2. The molecule has 1 aliphatic heterocycles. The monoisotopic (exact) mass is 297 g/mol. The second-order valence-electron chi connectivity index (χ2n) is 5.74. The molecule has 21 heavy (non-hydrogen) atoms. The lowest BCUT2D eigenvalue weighted by Crippen LogP contribution is -2.46. The molecule has 1 heterocycles. The lowest BCUT2D eigenvalue weighted by atomic mass is 10.1. The van der Waals surface area contributed by atoms with Crippen molar-refractivity contribution in [1.82, 2.24) is 9.80 Å². The second-order valence-corrected chi connectivity index (χ2v) is 5.74. The third-order valence-electron chi connectivity index (χ3n) is 3.97. The largest absolute Gasteiger partial charge is 0.330 e. The summed E-state index contributed by atoms with van der Waals surface area (Å²) in [5.74, 6) is -0.993. The number of hydrogen-bond acceptors (Lipinski definition) is 3. The number of unbranched alkanes of at least 4 members (excludes halogenated alkanes) is 2. The van der Waals surface area contributed by atoms with Crippen molar-refractivity contribution in [3.63, 3.8) is 0 Å². The predicted molar refractivity (Wildman–Crippen MR) is 81.0 cm³/mol. The van der Waals surface area contributed by atoms with Gasteiger partial charge < -0.3 is 10.6 Å². The number of hydrogen-bond donors (Lipinski definition) is 1. The van der Waals surface area contributed by atoms with E-state index in [4.69, 9.17) is 5.73 Å². The average molecular weight is 297 g/mol. The fourth-order valence-electron chi connectivity index (χ4n) is 2.79. The number of halogens is 2. The highest BCUT2D eigenvalue weighted by Crippen LogP contribution is 2.12. The highest BCUT2D eigenvalue weighted by molar-refractivity contribution is 5.17. The van der Waals surface area contributed by atoms with Crippen LogP contribution in [0.25, 0.3) is 0 Å². The summed E-state index contributed by atoms with van der Waals surface area (Å²) in [6, 6.07) is 3.76. The summed E-state index contributed by atoms with van der Waals surface area (Å²) in [7, 11) is 0. The Morgan fingerprint density at radius 1 is 0.857 bits per heavy atom. The Kier molecular flexibility index (Phi) is 6.54. The van der Waals surface area contributed by atoms with Crippen molar-refractivity contribution < 1.29 is 8.78 Å². The number of nitrogens with zero attached hydrogens (tertiary/aromatic N) is 2. The minimum atomic E-state index is -0.497. The molecule has 0 bridgehead atoms. The molecule has 5 heteroatoms. The molecule has 2 N–H and O–H groups in total. The van der Waals surface area contributed by atoms with E-state index < -0.39 is 11.6 Å². The molecule has 0 atom stereocenters. The van der Waals surface area contributed by atoms with Gasteiger partial charge in [0, 0.05) is 38.8 Å². The Bertz CT molecular complexity index is 411. The molecule has 0 radical (unpaired) electrons. The van der Waals surface area contributed by atoms with E-state index in [2.05, 4.69) is 9.80 Å². The predicted octanol–water partition coefficient (Wildman–Crippen LogP) is 2.21. The molecular weight excluding hydrogens is 272 g/mol. The maximum Gasteiger partial charge on any atom is 0.126 e. The molecule has 0 unspecified atom stereocenters. The van der Waals surface area contributed by atoms with Gasteiger partial charge in [0.2, 0.25) is 0 Å². The van der Waals surface area contributed by atoms with Crippen molar-refractivity contribution >= 4 is 0 Å². The molecule has 3 nitrogen and oxygen atoms in total. The maximum absolute atomic E-state index is 13.2. The van der Waals surface area contributed by atoms with Crippen molar-refractivity contribution in [3.8, 4) is 0 Å².